The van der Waals surface area contributed by atoms with Crippen LogP contribution >= 0.6 is 0 Å². The predicted octanol–water partition coefficient (Wildman–Crippen LogP) is 0.0243. The van der Waals surface area contributed by atoms with Gasteiger partial charge in [0.15, 0.2) is 5.82 Å². The Kier molecular flexibility index (Phi) is 0.913. The van der Waals surface area contributed by atoms with Crippen LogP contribution in [0.2, 0.25) is 0 Å². The van der Waals surface area contributed by atoms with E-state index in [4.69, 9.17) is 0 Å². The molecule has 5 nitrogen and oxygen atoms in total. The maximum absolute atomic E-state index is 10.9. The maximum Gasteiger partial charge on any atom is 0.255 e. The zero-order valence-electron chi connectivity index (χ0n) is 5.06. The molecule has 1 aromatic rings. The summed E-state index contributed by atoms with van der Waals surface area (Å²) >= 11 is 0. The van der Waals surface area contributed by atoms with Crippen molar-refractivity contribution >= 4 is 17.9 Å². The summed E-state index contributed by atoms with van der Waals surface area (Å²) in [5.74, 6) is 0.429. The number of aliphatic imine (C=N–C) groups is 1. The Morgan fingerprint density at radius 1 is 1.60 bits per heavy atom. The number of nitrogens with zero attached hydrogens (tertiary/aromatic N) is 4. The minimum Gasteiger partial charge on any atom is -0.272 e. The van der Waals surface area contributed by atoms with Crippen molar-refractivity contribution in [1.82, 2.24) is 15.0 Å². The van der Waals surface area contributed by atoms with Gasteiger partial charge in [-0.1, -0.05) is 5.21 Å². The molecule has 0 N–H and O–H groups in total. The van der Waals surface area contributed by atoms with Gasteiger partial charge in [0.05, 0.1) is 12.6 Å². The molecule has 0 bridgehead atoms. The molecule has 0 spiro atoms. The van der Waals surface area contributed by atoms with Crippen LogP contribution in [0.4, 0.5) is 5.82 Å². The van der Waals surface area contributed by atoms with E-state index in [0.717, 1.165) is 0 Å². The van der Waals surface area contributed by atoms with Crippen LogP contribution in [0.15, 0.2) is 11.2 Å². The van der Waals surface area contributed by atoms with Crippen LogP contribution in [0, 0.1) is 0 Å². The standard InChI is InChI=1S/C5H4N4O/c10-5-1-2-6-4-3-7-8-9(4)5/h2-3H,1H2. The van der Waals surface area contributed by atoms with Gasteiger partial charge in [0, 0.05) is 6.21 Å². The second-order valence-electron chi connectivity index (χ2n) is 1.91. The van der Waals surface area contributed by atoms with Crippen molar-refractivity contribution in [1.29, 1.82) is 0 Å². The normalized spacial score (nSPS) is 15.4. The molecule has 0 saturated carbocycles. The summed E-state index contributed by atoms with van der Waals surface area (Å²) in [5, 5.41) is 7.07. The van der Waals surface area contributed by atoms with Crippen molar-refractivity contribution in [2.24, 2.45) is 4.99 Å². The molecule has 5 heteroatoms. The lowest BCUT2D eigenvalue weighted by Gasteiger charge is -2.01. The van der Waals surface area contributed by atoms with Crippen LogP contribution in [0.5, 0.6) is 0 Å². The fourth-order valence-electron chi connectivity index (χ4n) is 0.799. The lowest BCUT2D eigenvalue weighted by atomic mass is 10.4. The first-order valence-corrected chi connectivity index (χ1v) is 2.84. The quantitative estimate of drug-likeness (QED) is 0.505. The fourth-order valence-corrected chi connectivity index (χ4v) is 0.799. The van der Waals surface area contributed by atoms with Crippen LogP contribution in [0.3, 0.4) is 0 Å². The van der Waals surface area contributed by atoms with Gasteiger partial charge in [0.1, 0.15) is 0 Å². The van der Waals surface area contributed by atoms with Crippen LogP contribution in [-0.2, 0) is 0 Å². The zero-order chi connectivity index (χ0) is 6.97. The van der Waals surface area contributed by atoms with Gasteiger partial charge in [-0.25, -0.2) is 4.99 Å². The first kappa shape index (κ1) is 5.28. The number of fused-ring (bicyclic) bond motifs is 1. The minimum atomic E-state index is -0.0810. The van der Waals surface area contributed by atoms with Gasteiger partial charge in [-0.15, -0.1) is 5.10 Å². The molecule has 2 heterocycles. The molecule has 10 heavy (non-hydrogen) atoms. The highest BCUT2D eigenvalue weighted by Crippen LogP contribution is 2.11. The summed E-state index contributed by atoms with van der Waals surface area (Å²) in [7, 11) is 0. The largest absolute Gasteiger partial charge is 0.272 e. The highest BCUT2D eigenvalue weighted by molar-refractivity contribution is 5.95. The summed E-state index contributed by atoms with van der Waals surface area (Å²) < 4.78 is 1.19. The molecule has 1 aliphatic rings. The molecule has 50 valence electrons. The van der Waals surface area contributed by atoms with Crippen LogP contribution < -0.4 is 0 Å². The van der Waals surface area contributed by atoms with E-state index in [1.54, 1.807) is 6.21 Å². The van der Waals surface area contributed by atoms with Gasteiger partial charge >= 0.3 is 0 Å². The van der Waals surface area contributed by atoms with E-state index in [2.05, 4.69) is 15.3 Å². The summed E-state index contributed by atoms with van der Waals surface area (Å²) in [4.78, 5) is 14.8. The number of carbonyl (C=O) groups excluding carboxylic acids is 1. The van der Waals surface area contributed by atoms with Gasteiger partial charge in [0.2, 0.25) is 0 Å². The molecule has 0 aliphatic carbocycles. The fraction of sp³-hybridized carbons (Fsp3) is 0.200. The lowest BCUT2D eigenvalue weighted by molar-refractivity contribution is 0.0905. The van der Waals surface area contributed by atoms with E-state index < -0.39 is 0 Å². The second kappa shape index (κ2) is 1.73. The molecule has 0 fully saturated rings. The van der Waals surface area contributed by atoms with Crippen LogP contribution in [0.1, 0.15) is 11.2 Å². The lowest BCUT2D eigenvalue weighted by Crippen LogP contribution is -2.15. The minimum absolute atomic E-state index is 0.0810. The molecule has 0 unspecified atom stereocenters. The number of carbonyl (C=O) groups is 1. The number of hydrogen-bond acceptors (Lipinski definition) is 4. The monoisotopic (exact) mass is 136 g/mol. The summed E-state index contributed by atoms with van der Waals surface area (Å²) in [5.41, 5.74) is 0. The Labute approximate surface area is 56.4 Å². The molecule has 0 saturated heterocycles. The van der Waals surface area contributed by atoms with E-state index in [1.807, 2.05) is 0 Å². The highest BCUT2D eigenvalue weighted by Gasteiger charge is 2.13. The number of rotatable bonds is 0. The second-order valence-corrected chi connectivity index (χ2v) is 1.91. The van der Waals surface area contributed by atoms with Gasteiger partial charge in [-0.2, -0.15) is 4.68 Å². The van der Waals surface area contributed by atoms with E-state index in [1.165, 1.54) is 10.9 Å². The highest BCUT2D eigenvalue weighted by atomic mass is 16.2. The van der Waals surface area contributed by atoms with Crippen molar-refractivity contribution < 1.29 is 4.79 Å². The maximum atomic E-state index is 10.9. The SMILES string of the molecule is O=C1CC=Nc2cnnn21. The number of aromatic nitrogens is 3. The van der Waals surface area contributed by atoms with E-state index in [0.29, 0.717) is 12.2 Å². The van der Waals surface area contributed by atoms with Gasteiger partial charge in [0.25, 0.3) is 5.91 Å². The van der Waals surface area contributed by atoms with Gasteiger partial charge < -0.3 is 0 Å². The Morgan fingerprint density at radius 3 is 3.30 bits per heavy atom. The Balaban J connectivity index is 2.62. The topological polar surface area (TPSA) is 60.1 Å². The van der Waals surface area contributed by atoms with Gasteiger partial charge in [-0.3, -0.25) is 4.79 Å². The van der Waals surface area contributed by atoms with E-state index in [-0.39, 0.29) is 5.91 Å². The first-order valence-electron chi connectivity index (χ1n) is 2.84. The molecule has 2 rings (SSSR count). The van der Waals surface area contributed by atoms with E-state index >= 15 is 0 Å². The average molecular weight is 136 g/mol. The third-order valence-corrected chi connectivity index (χ3v) is 1.26. The smallest absolute Gasteiger partial charge is 0.255 e. The summed E-state index contributed by atoms with van der Waals surface area (Å²) in [6.07, 6.45) is 3.32. The molecule has 1 aliphatic heterocycles. The molecule has 0 amide bonds. The molecule has 1 aromatic heterocycles. The predicted molar refractivity (Wildman–Crippen MR) is 33.4 cm³/mol. The Bertz CT molecular complexity index is 300. The average Bonchev–Trinajstić information content (AvgIpc) is 2.36. The molecular formula is C5H4N4O. The number of hydrogen-bond donors (Lipinski definition) is 0. The Hall–Kier alpha value is -1.52. The summed E-state index contributed by atoms with van der Waals surface area (Å²) in [6, 6.07) is 0. The van der Waals surface area contributed by atoms with Crippen molar-refractivity contribution in [3.8, 4) is 0 Å². The summed E-state index contributed by atoms with van der Waals surface area (Å²) in [6.45, 7) is 0. The van der Waals surface area contributed by atoms with Crippen molar-refractivity contribution in [2.75, 3.05) is 0 Å². The Morgan fingerprint density at radius 2 is 2.50 bits per heavy atom. The molecule has 0 atom stereocenters. The van der Waals surface area contributed by atoms with Crippen LogP contribution in [-0.4, -0.2) is 27.1 Å². The molecule has 0 radical (unpaired) electrons. The van der Waals surface area contributed by atoms with E-state index in [9.17, 15) is 4.79 Å². The van der Waals surface area contributed by atoms with Crippen molar-refractivity contribution in [3.63, 3.8) is 0 Å². The van der Waals surface area contributed by atoms with Crippen LogP contribution in [0.25, 0.3) is 0 Å². The molecular weight excluding hydrogens is 132 g/mol. The van der Waals surface area contributed by atoms with Crippen molar-refractivity contribution in [2.45, 2.75) is 6.42 Å². The zero-order valence-corrected chi connectivity index (χ0v) is 5.06. The molecule has 0 aromatic carbocycles. The third-order valence-electron chi connectivity index (χ3n) is 1.26. The van der Waals surface area contributed by atoms with Gasteiger partial charge in [-0.05, 0) is 0 Å². The third kappa shape index (κ3) is 0.570. The van der Waals surface area contributed by atoms with Crippen molar-refractivity contribution in [3.05, 3.63) is 6.20 Å². The first-order chi connectivity index (χ1) is 4.88.